The van der Waals surface area contributed by atoms with Gasteiger partial charge in [0.1, 0.15) is 5.75 Å². The molecule has 1 fully saturated rings. The minimum absolute atomic E-state index is 0.104. The number of likely N-dealkylation sites (tertiary alicyclic amines) is 1. The molecule has 2 heterocycles. The topological polar surface area (TPSA) is 42.4 Å². The highest BCUT2D eigenvalue weighted by Crippen LogP contribution is 2.21. The minimum Gasteiger partial charge on any atom is -0.493 e. The summed E-state index contributed by atoms with van der Waals surface area (Å²) in [4.78, 5) is 18.8. The smallest absolute Gasteiger partial charge is 0.253 e. The van der Waals surface area contributed by atoms with E-state index in [0.29, 0.717) is 12.5 Å². The number of hydrogen-bond acceptors (Lipinski definition) is 3. The Morgan fingerprint density at radius 3 is 2.88 bits per heavy atom. The third kappa shape index (κ3) is 4.35. The van der Waals surface area contributed by atoms with Crippen molar-refractivity contribution in [2.45, 2.75) is 19.8 Å². The van der Waals surface area contributed by atoms with Gasteiger partial charge >= 0.3 is 0 Å². The second kappa shape index (κ2) is 7.79. The van der Waals surface area contributed by atoms with Gasteiger partial charge in [0, 0.05) is 47.0 Å². The average Bonchev–Trinajstić information content (AvgIpc) is 2.60. The van der Waals surface area contributed by atoms with E-state index in [-0.39, 0.29) is 5.91 Å². The lowest BCUT2D eigenvalue weighted by atomic mass is 9.98. The third-order valence-electron chi connectivity index (χ3n) is 4.25. The number of rotatable bonds is 4. The molecular formula is C19H21BrN2O2. The molecule has 1 amide bonds. The van der Waals surface area contributed by atoms with Gasteiger partial charge in [-0.2, -0.15) is 0 Å². The number of piperidine rings is 1. The molecule has 1 aromatic carbocycles. The zero-order valence-electron chi connectivity index (χ0n) is 13.7. The van der Waals surface area contributed by atoms with Crippen LogP contribution in [-0.4, -0.2) is 35.5 Å². The summed E-state index contributed by atoms with van der Waals surface area (Å²) >= 11 is 3.40. The first kappa shape index (κ1) is 17.0. The molecule has 0 radical (unpaired) electrons. The van der Waals surface area contributed by atoms with E-state index in [2.05, 4.69) is 20.9 Å². The molecule has 0 bridgehead atoms. The van der Waals surface area contributed by atoms with Gasteiger partial charge in [-0.15, -0.1) is 0 Å². The molecule has 24 heavy (non-hydrogen) atoms. The highest BCUT2D eigenvalue weighted by molar-refractivity contribution is 9.10. The van der Waals surface area contributed by atoms with Crippen LogP contribution in [0.15, 0.2) is 47.1 Å². The molecule has 126 valence electrons. The van der Waals surface area contributed by atoms with E-state index in [0.717, 1.165) is 47.4 Å². The Morgan fingerprint density at radius 2 is 2.12 bits per heavy atom. The van der Waals surface area contributed by atoms with Crippen LogP contribution in [0.25, 0.3) is 0 Å². The van der Waals surface area contributed by atoms with Crippen molar-refractivity contribution in [3.63, 3.8) is 0 Å². The first-order valence-electron chi connectivity index (χ1n) is 8.22. The number of carbonyl (C=O) groups excluding carboxylic acids is 1. The van der Waals surface area contributed by atoms with Crippen LogP contribution in [0.4, 0.5) is 0 Å². The molecule has 1 unspecified atom stereocenters. The Labute approximate surface area is 151 Å². The van der Waals surface area contributed by atoms with Crippen LogP contribution in [0.1, 0.15) is 28.9 Å². The molecule has 1 aliphatic heterocycles. The van der Waals surface area contributed by atoms with Crippen molar-refractivity contribution in [1.29, 1.82) is 0 Å². The second-order valence-electron chi connectivity index (χ2n) is 6.21. The summed E-state index contributed by atoms with van der Waals surface area (Å²) in [5.41, 5.74) is 1.69. The highest BCUT2D eigenvalue weighted by Gasteiger charge is 2.25. The predicted octanol–water partition coefficient (Wildman–Crippen LogP) is 4.08. The fourth-order valence-electron chi connectivity index (χ4n) is 2.98. The average molecular weight is 389 g/mol. The van der Waals surface area contributed by atoms with Gasteiger partial charge in [0.25, 0.3) is 5.91 Å². The lowest BCUT2D eigenvalue weighted by molar-refractivity contribution is 0.0633. The van der Waals surface area contributed by atoms with Gasteiger partial charge in [0.15, 0.2) is 0 Å². The number of halogens is 1. The van der Waals surface area contributed by atoms with Gasteiger partial charge in [-0.05, 0) is 50.1 Å². The fourth-order valence-corrected chi connectivity index (χ4v) is 3.25. The van der Waals surface area contributed by atoms with E-state index in [9.17, 15) is 4.79 Å². The SMILES string of the molecule is Cc1cc(OCC2CCCN(C(=O)c3ccc(Br)cc3)C2)ccn1. The van der Waals surface area contributed by atoms with Gasteiger partial charge in [0.2, 0.25) is 0 Å². The molecule has 0 spiro atoms. The number of ether oxygens (including phenoxy) is 1. The molecule has 0 aliphatic carbocycles. The van der Waals surface area contributed by atoms with Crippen molar-refractivity contribution in [3.05, 3.63) is 58.3 Å². The summed E-state index contributed by atoms with van der Waals surface area (Å²) in [5, 5.41) is 0. The summed E-state index contributed by atoms with van der Waals surface area (Å²) in [7, 11) is 0. The molecule has 1 aromatic heterocycles. The molecular weight excluding hydrogens is 368 g/mol. The fraction of sp³-hybridized carbons (Fsp3) is 0.368. The van der Waals surface area contributed by atoms with Gasteiger partial charge < -0.3 is 9.64 Å². The molecule has 0 saturated carbocycles. The third-order valence-corrected chi connectivity index (χ3v) is 4.78. The number of aryl methyl sites for hydroxylation is 1. The Bertz CT molecular complexity index is 703. The molecule has 1 saturated heterocycles. The summed E-state index contributed by atoms with van der Waals surface area (Å²) in [6, 6.07) is 11.4. The quantitative estimate of drug-likeness (QED) is 0.791. The summed E-state index contributed by atoms with van der Waals surface area (Å²) in [6.45, 7) is 4.15. The minimum atomic E-state index is 0.104. The van der Waals surface area contributed by atoms with Gasteiger partial charge in [0.05, 0.1) is 6.61 Å². The van der Waals surface area contributed by atoms with Crippen molar-refractivity contribution >= 4 is 21.8 Å². The van der Waals surface area contributed by atoms with Crippen LogP contribution < -0.4 is 4.74 Å². The number of carbonyl (C=O) groups is 1. The first-order chi connectivity index (χ1) is 11.6. The van der Waals surface area contributed by atoms with E-state index in [1.807, 2.05) is 48.2 Å². The zero-order chi connectivity index (χ0) is 16.9. The molecule has 0 N–H and O–H groups in total. The number of aromatic nitrogens is 1. The molecule has 2 aromatic rings. The Balaban J connectivity index is 1.57. The van der Waals surface area contributed by atoms with Gasteiger partial charge in [-0.3, -0.25) is 9.78 Å². The number of benzene rings is 1. The van der Waals surface area contributed by atoms with E-state index in [1.54, 1.807) is 6.20 Å². The normalized spacial score (nSPS) is 17.6. The second-order valence-corrected chi connectivity index (χ2v) is 7.13. The first-order valence-corrected chi connectivity index (χ1v) is 9.01. The number of hydrogen-bond donors (Lipinski definition) is 0. The predicted molar refractivity (Wildman–Crippen MR) is 97.2 cm³/mol. The van der Waals surface area contributed by atoms with Crippen LogP contribution in [0.3, 0.4) is 0 Å². The number of pyridine rings is 1. The van der Waals surface area contributed by atoms with Crippen molar-refractivity contribution in [1.82, 2.24) is 9.88 Å². The highest BCUT2D eigenvalue weighted by atomic mass is 79.9. The van der Waals surface area contributed by atoms with Crippen molar-refractivity contribution in [2.75, 3.05) is 19.7 Å². The monoisotopic (exact) mass is 388 g/mol. The zero-order valence-corrected chi connectivity index (χ0v) is 15.3. The Hall–Kier alpha value is -1.88. The summed E-state index contributed by atoms with van der Waals surface area (Å²) < 4.78 is 6.87. The van der Waals surface area contributed by atoms with E-state index in [4.69, 9.17) is 4.74 Å². The summed E-state index contributed by atoms with van der Waals surface area (Å²) in [5.74, 6) is 1.32. The van der Waals surface area contributed by atoms with Crippen LogP contribution in [0, 0.1) is 12.8 Å². The Kier molecular flexibility index (Phi) is 5.51. The lowest BCUT2D eigenvalue weighted by Crippen LogP contribution is -2.41. The van der Waals surface area contributed by atoms with E-state index < -0.39 is 0 Å². The maximum Gasteiger partial charge on any atom is 0.253 e. The van der Waals surface area contributed by atoms with Crippen LogP contribution in [0.5, 0.6) is 5.75 Å². The van der Waals surface area contributed by atoms with Crippen molar-refractivity contribution in [2.24, 2.45) is 5.92 Å². The van der Waals surface area contributed by atoms with Gasteiger partial charge in [-0.25, -0.2) is 0 Å². The van der Waals surface area contributed by atoms with Crippen LogP contribution >= 0.6 is 15.9 Å². The maximum atomic E-state index is 12.6. The molecule has 3 rings (SSSR count). The summed E-state index contributed by atoms with van der Waals surface area (Å²) in [6.07, 6.45) is 3.87. The maximum absolute atomic E-state index is 12.6. The number of nitrogens with zero attached hydrogens (tertiary/aromatic N) is 2. The molecule has 4 nitrogen and oxygen atoms in total. The Morgan fingerprint density at radius 1 is 1.33 bits per heavy atom. The largest absolute Gasteiger partial charge is 0.493 e. The molecule has 5 heteroatoms. The standard InChI is InChI=1S/C19H21BrN2O2/c1-14-11-18(8-9-21-14)24-13-15-3-2-10-22(12-15)19(23)16-4-6-17(20)7-5-16/h4-9,11,15H,2-3,10,12-13H2,1H3. The van der Waals surface area contributed by atoms with Crippen molar-refractivity contribution in [3.8, 4) is 5.75 Å². The molecule has 1 atom stereocenters. The molecule has 1 aliphatic rings. The van der Waals surface area contributed by atoms with E-state index >= 15 is 0 Å². The van der Waals surface area contributed by atoms with Gasteiger partial charge in [-0.1, -0.05) is 15.9 Å². The van der Waals surface area contributed by atoms with Crippen molar-refractivity contribution < 1.29 is 9.53 Å². The number of amides is 1. The lowest BCUT2D eigenvalue weighted by Gasteiger charge is -2.32. The van der Waals surface area contributed by atoms with Crippen LogP contribution in [0.2, 0.25) is 0 Å². The van der Waals surface area contributed by atoms with Crippen LogP contribution in [-0.2, 0) is 0 Å². The van der Waals surface area contributed by atoms with E-state index in [1.165, 1.54) is 0 Å².